The zero-order valence-corrected chi connectivity index (χ0v) is 22.8. The Morgan fingerprint density at radius 2 is 1.92 bits per heavy atom. The molecule has 2 N–H and O–H groups in total. The number of aromatic nitrogens is 3. The lowest BCUT2D eigenvalue weighted by Crippen LogP contribution is -2.37. The van der Waals surface area contributed by atoms with E-state index in [-0.39, 0.29) is 11.9 Å². The van der Waals surface area contributed by atoms with Gasteiger partial charge in [-0.2, -0.15) is 4.98 Å². The Morgan fingerprint density at radius 1 is 1.08 bits per heavy atom. The van der Waals surface area contributed by atoms with E-state index in [0.717, 1.165) is 56.2 Å². The van der Waals surface area contributed by atoms with Crippen LogP contribution in [0.4, 0.5) is 16.2 Å². The number of nitrogens with zero attached hydrogens (tertiary/aromatic N) is 4. The Kier molecular flexibility index (Phi) is 7.32. The molecule has 39 heavy (non-hydrogen) atoms. The van der Waals surface area contributed by atoms with Crippen LogP contribution in [-0.4, -0.2) is 46.9 Å². The van der Waals surface area contributed by atoms with Crippen LogP contribution in [0.5, 0.6) is 5.06 Å². The van der Waals surface area contributed by atoms with Crippen LogP contribution in [-0.2, 0) is 17.8 Å². The maximum absolute atomic E-state index is 13.8. The van der Waals surface area contributed by atoms with Gasteiger partial charge >= 0.3 is 0 Å². The van der Waals surface area contributed by atoms with Gasteiger partial charge in [-0.1, -0.05) is 41.7 Å². The largest absolute Gasteiger partial charge is 0.481 e. The summed E-state index contributed by atoms with van der Waals surface area (Å²) in [4.78, 5) is 11.9. The molecular weight excluding hydrogens is 515 g/mol. The van der Waals surface area contributed by atoms with Crippen LogP contribution < -0.4 is 20.5 Å². The first-order valence-corrected chi connectivity index (χ1v) is 14.0. The van der Waals surface area contributed by atoms with E-state index < -0.39 is 0 Å². The lowest BCUT2D eigenvalue weighted by molar-refractivity contribution is 0.122. The molecule has 8 nitrogen and oxygen atoms in total. The highest BCUT2D eigenvalue weighted by atomic mass is 32.1. The predicted octanol–water partition coefficient (Wildman–Crippen LogP) is 5.57. The fourth-order valence-corrected chi connectivity index (χ4v) is 5.96. The molecule has 0 unspecified atom stereocenters. The lowest BCUT2D eigenvalue weighted by Gasteiger charge is -2.28. The Morgan fingerprint density at radius 3 is 2.74 bits per heavy atom. The lowest BCUT2D eigenvalue weighted by atomic mass is 10.2. The van der Waals surface area contributed by atoms with Crippen LogP contribution in [0.2, 0.25) is 0 Å². The van der Waals surface area contributed by atoms with E-state index in [9.17, 15) is 4.39 Å². The molecule has 0 saturated carbocycles. The number of morpholine rings is 1. The van der Waals surface area contributed by atoms with Crippen LogP contribution in [0.15, 0.2) is 60.8 Å². The maximum Gasteiger partial charge on any atom is 0.239 e. The summed E-state index contributed by atoms with van der Waals surface area (Å²) in [6, 6.07) is 17.0. The molecule has 0 radical (unpaired) electrons. The molecule has 1 aliphatic heterocycles. The van der Waals surface area contributed by atoms with Crippen molar-refractivity contribution in [3.05, 3.63) is 77.7 Å². The number of para-hydroxylation sites is 1. The molecule has 10 heteroatoms. The summed E-state index contributed by atoms with van der Waals surface area (Å²) in [6.45, 7) is 8.09. The third-order valence-corrected chi connectivity index (χ3v) is 7.60. The summed E-state index contributed by atoms with van der Waals surface area (Å²) in [7, 11) is 0. The van der Waals surface area contributed by atoms with Gasteiger partial charge in [0.2, 0.25) is 5.95 Å². The highest BCUT2D eigenvalue weighted by Crippen LogP contribution is 2.37. The van der Waals surface area contributed by atoms with Crippen LogP contribution in [0.25, 0.3) is 21.1 Å². The van der Waals surface area contributed by atoms with Crippen LogP contribution >= 0.6 is 11.3 Å². The topological polar surface area (TPSA) is 76.5 Å². The first-order valence-electron chi connectivity index (χ1n) is 13.1. The Hall–Kier alpha value is -3.73. The molecular formula is C29H31FN6O2S. The van der Waals surface area contributed by atoms with Crippen molar-refractivity contribution in [2.45, 2.75) is 33.0 Å². The van der Waals surface area contributed by atoms with Gasteiger partial charge < -0.3 is 18.9 Å². The van der Waals surface area contributed by atoms with Crippen LogP contribution in [0.1, 0.15) is 25.0 Å². The number of thiophene rings is 1. The summed E-state index contributed by atoms with van der Waals surface area (Å²) < 4.78 is 28.5. The van der Waals surface area contributed by atoms with Crippen molar-refractivity contribution in [3.63, 3.8) is 0 Å². The van der Waals surface area contributed by atoms with Gasteiger partial charge in [-0.15, -0.1) is 0 Å². The third kappa shape index (κ3) is 5.68. The second-order valence-electron chi connectivity index (χ2n) is 9.82. The molecule has 0 spiro atoms. The van der Waals surface area contributed by atoms with Crippen molar-refractivity contribution in [3.8, 4) is 5.06 Å². The summed E-state index contributed by atoms with van der Waals surface area (Å²) in [5, 5.41) is 1.97. The first kappa shape index (κ1) is 25.5. The minimum Gasteiger partial charge on any atom is -0.481 e. The fraction of sp³-hybridized carbons (Fsp3) is 0.310. The van der Waals surface area contributed by atoms with Crippen molar-refractivity contribution in [1.29, 1.82) is 0 Å². The fourth-order valence-electron chi connectivity index (χ4n) is 4.87. The second kappa shape index (κ2) is 11.2. The standard InChI is InChI=1S/C29H31FN6O2S/c1-19(2)38-26-15-24-27(39-26)28(35-10-12-37-13-11-35)33-29(32-24)34-31-16-21-18-36(25-9-4-3-8-23(21)25)17-20-6-5-7-22(30)14-20/h3-9,14-15,18-19,31H,10-13,16-17H2,1-2H3,(H,32,33,34). The number of rotatable bonds is 9. The Balaban J connectivity index is 1.23. The van der Waals surface area contributed by atoms with E-state index in [1.807, 2.05) is 38.1 Å². The first-order chi connectivity index (χ1) is 19.0. The zero-order valence-electron chi connectivity index (χ0n) is 22.0. The molecule has 4 heterocycles. The Labute approximate surface area is 230 Å². The average Bonchev–Trinajstić information content (AvgIpc) is 3.49. The molecule has 2 aromatic carbocycles. The van der Waals surface area contributed by atoms with E-state index in [0.29, 0.717) is 32.3 Å². The van der Waals surface area contributed by atoms with E-state index in [1.54, 1.807) is 23.5 Å². The van der Waals surface area contributed by atoms with Gasteiger partial charge in [-0.3, -0.25) is 5.43 Å². The molecule has 5 aromatic rings. The van der Waals surface area contributed by atoms with Gasteiger partial charge in [0.05, 0.1) is 29.5 Å². The van der Waals surface area contributed by atoms with Crippen molar-refractivity contribution in [2.24, 2.45) is 0 Å². The normalized spacial score (nSPS) is 14.0. The number of anilines is 2. The number of ether oxygens (including phenoxy) is 2. The molecule has 3 aromatic heterocycles. The second-order valence-corrected chi connectivity index (χ2v) is 10.8. The van der Waals surface area contributed by atoms with Crippen LogP contribution in [0.3, 0.4) is 0 Å². The van der Waals surface area contributed by atoms with Gasteiger partial charge in [0, 0.05) is 49.3 Å². The number of hydrogen-bond donors (Lipinski definition) is 2. The summed E-state index contributed by atoms with van der Waals surface area (Å²) in [5.74, 6) is 1.17. The predicted molar refractivity (Wildman–Crippen MR) is 154 cm³/mol. The SMILES string of the molecule is CC(C)Oc1cc2nc(NNCc3cn(Cc4cccc(F)c4)c4ccccc34)nc(N3CCOCC3)c2s1. The monoisotopic (exact) mass is 546 g/mol. The van der Waals surface area contributed by atoms with Gasteiger partial charge in [-0.25, -0.2) is 14.8 Å². The van der Waals surface area contributed by atoms with Gasteiger partial charge in [0.25, 0.3) is 0 Å². The number of nitrogens with one attached hydrogen (secondary N) is 2. The molecule has 0 amide bonds. The van der Waals surface area contributed by atoms with Gasteiger partial charge in [-0.05, 0) is 43.2 Å². The highest BCUT2D eigenvalue weighted by molar-refractivity contribution is 7.21. The molecule has 202 valence electrons. The molecule has 0 atom stereocenters. The van der Waals surface area contributed by atoms with Gasteiger partial charge in [0.1, 0.15) is 5.82 Å². The number of hydrogen-bond acceptors (Lipinski definition) is 8. The van der Waals surface area contributed by atoms with E-state index >= 15 is 0 Å². The summed E-state index contributed by atoms with van der Waals surface area (Å²) in [6.07, 6.45) is 2.20. The number of benzene rings is 2. The molecule has 0 bridgehead atoms. The van der Waals surface area contributed by atoms with Crippen molar-refractivity contribution < 1.29 is 13.9 Å². The maximum atomic E-state index is 13.8. The van der Waals surface area contributed by atoms with Crippen molar-refractivity contribution in [2.75, 3.05) is 36.6 Å². The smallest absolute Gasteiger partial charge is 0.239 e. The summed E-state index contributed by atoms with van der Waals surface area (Å²) in [5.41, 5.74) is 10.5. The minimum absolute atomic E-state index is 0.0835. The molecule has 6 rings (SSSR count). The zero-order chi connectivity index (χ0) is 26.8. The van der Waals surface area contributed by atoms with Crippen molar-refractivity contribution >= 4 is 44.2 Å². The van der Waals surface area contributed by atoms with E-state index in [1.165, 1.54) is 6.07 Å². The Bertz CT molecular complexity index is 1590. The molecule has 1 saturated heterocycles. The average molecular weight is 547 g/mol. The molecule has 1 aliphatic rings. The van der Waals surface area contributed by atoms with Crippen LogP contribution in [0, 0.1) is 5.82 Å². The highest BCUT2D eigenvalue weighted by Gasteiger charge is 2.20. The summed E-state index contributed by atoms with van der Waals surface area (Å²) >= 11 is 1.58. The number of halogens is 1. The third-order valence-electron chi connectivity index (χ3n) is 6.59. The van der Waals surface area contributed by atoms with E-state index in [4.69, 9.17) is 19.4 Å². The number of hydrazine groups is 1. The molecule has 0 aliphatic carbocycles. The number of fused-ring (bicyclic) bond motifs is 2. The molecule has 1 fully saturated rings. The van der Waals surface area contributed by atoms with Crippen molar-refractivity contribution in [1.82, 2.24) is 20.0 Å². The van der Waals surface area contributed by atoms with Gasteiger partial charge in [0.15, 0.2) is 10.9 Å². The van der Waals surface area contributed by atoms with E-state index in [2.05, 4.69) is 38.6 Å². The quantitative estimate of drug-likeness (QED) is 0.234. The minimum atomic E-state index is -0.225.